The van der Waals surface area contributed by atoms with Crippen LogP contribution in [0.2, 0.25) is 0 Å². The molecule has 1 fully saturated rings. The van der Waals surface area contributed by atoms with Crippen molar-refractivity contribution in [2.75, 3.05) is 45.6 Å². The monoisotopic (exact) mass is 332 g/mol. The molecule has 0 unspecified atom stereocenters. The first-order valence-corrected chi connectivity index (χ1v) is 9.27. The first-order valence-electron chi connectivity index (χ1n) is 6.89. The summed E-state index contributed by atoms with van der Waals surface area (Å²) in [5.41, 5.74) is 1.05. The molecule has 1 aliphatic heterocycles. The molecule has 0 amide bonds. The molecule has 1 N–H and O–H groups in total. The lowest BCUT2D eigenvalue weighted by Crippen LogP contribution is -2.41. The molecule has 7 heteroatoms. The van der Waals surface area contributed by atoms with Gasteiger partial charge < -0.3 is 4.74 Å². The Bertz CT molecular complexity index is 497. The van der Waals surface area contributed by atoms with Gasteiger partial charge in [-0.25, -0.2) is 13.1 Å². The van der Waals surface area contributed by atoms with E-state index in [0.29, 0.717) is 18.0 Å². The fraction of sp³-hybridized carbons (Fsp3) is 0.571. The van der Waals surface area contributed by atoms with E-state index in [0.717, 1.165) is 31.9 Å². The number of morpholine rings is 1. The minimum Gasteiger partial charge on any atom is -0.379 e. The predicted octanol–water partition coefficient (Wildman–Crippen LogP) is 1.15. The highest BCUT2D eigenvalue weighted by molar-refractivity contribution is 7.89. The van der Waals surface area contributed by atoms with Gasteiger partial charge in [-0.1, -0.05) is 17.7 Å². The van der Waals surface area contributed by atoms with Crippen LogP contribution < -0.4 is 4.72 Å². The van der Waals surface area contributed by atoms with E-state index in [1.54, 1.807) is 30.5 Å². The van der Waals surface area contributed by atoms with Crippen molar-refractivity contribution in [3.63, 3.8) is 0 Å². The first kappa shape index (κ1) is 18.4. The number of rotatable bonds is 5. The lowest BCUT2D eigenvalue weighted by atomic mass is 10.2. The highest BCUT2D eigenvalue weighted by Gasteiger charge is 2.15. The van der Waals surface area contributed by atoms with E-state index in [9.17, 15) is 8.42 Å². The zero-order chi connectivity index (χ0) is 15.7. The van der Waals surface area contributed by atoms with Crippen molar-refractivity contribution in [1.82, 2.24) is 9.62 Å². The smallest absolute Gasteiger partial charge is 0.240 e. The maximum atomic E-state index is 12.0. The largest absolute Gasteiger partial charge is 0.379 e. The van der Waals surface area contributed by atoms with E-state index in [2.05, 4.69) is 22.3 Å². The Hall–Kier alpha value is -0.600. The summed E-state index contributed by atoms with van der Waals surface area (Å²) < 4.78 is 31.9. The van der Waals surface area contributed by atoms with Crippen LogP contribution in [0, 0.1) is 6.92 Å². The van der Waals surface area contributed by atoms with Crippen LogP contribution in [-0.2, 0) is 14.8 Å². The predicted molar refractivity (Wildman–Crippen MR) is 88.5 cm³/mol. The van der Waals surface area contributed by atoms with E-state index in [-0.39, 0.29) is 0 Å². The summed E-state index contributed by atoms with van der Waals surface area (Å²) in [4.78, 5) is 2.52. The van der Waals surface area contributed by atoms with Crippen molar-refractivity contribution in [3.8, 4) is 0 Å². The number of thiol groups is 1. The molecule has 0 spiro atoms. The van der Waals surface area contributed by atoms with Crippen molar-refractivity contribution in [1.29, 1.82) is 0 Å². The minimum atomic E-state index is -3.39. The molecule has 5 nitrogen and oxygen atoms in total. The molecule has 1 aromatic carbocycles. The molecule has 0 atom stereocenters. The molecular weight excluding hydrogens is 308 g/mol. The summed E-state index contributed by atoms with van der Waals surface area (Å²) in [7, 11) is -3.39. The average Bonchev–Trinajstić information content (AvgIpc) is 2.51. The third-order valence-corrected chi connectivity index (χ3v) is 4.63. The number of nitrogens with one attached hydrogen (secondary N) is 1. The number of hydrogen-bond donors (Lipinski definition) is 2. The molecule has 0 radical (unpaired) electrons. The van der Waals surface area contributed by atoms with Crippen LogP contribution >= 0.6 is 12.6 Å². The van der Waals surface area contributed by atoms with Crippen LogP contribution in [0.5, 0.6) is 0 Å². The van der Waals surface area contributed by atoms with Crippen molar-refractivity contribution in [3.05, 3.63) is 29.8 Å². The molecule has 1 heterocycles. The van der Waals surface area contributed by atoms with Gasteiger partial charge in [0.25, 0.3) is 0 Å². The summed E-state index contributed by atoms with van der Waals surface area (Å²) in [6.07, 6.45) is 1.69. The number of benzene rings is 1. The quantitative estimate of drug-likeness (QED) is 0.794. The Kier molecular flexibility index (Phi) is 8.28. The molecule has 1 saturated heterocycles. The fourth-order valence-corrected chi connectivity index (χ4v) is 2.98. The van der Waals surface area contributed by atoms with Gasteiger partial charge in [-0.3, -0.25) is 4.90 Å². The summed E-state index contributed by atoms with van der Waals surface area (Å²) in [6.45, 7) is 6.26. The third kappa shape index (κ3) is 6.36. The van der Waals surface area contributed by atoms with Crippen LogP contribution in [0.4, 0.5) is 0 Å². The van der Waals surface area contributed by atoms with Gasteiger partial charge in [-0.15, -0.1) is 0 Å². The van der Waals surface area contributed by atoms with E-state index in [1.165, 1.54) is 0 Å². The molecular formula is C14H24N2O3S2. The van der Waals surface area contributed by atoms with Gasteiger partial charge in [0, 0.05) is 26.2 Å². The first-order chi connectivity index (χ1) is 10.1. The average molecular weight is 332 g/mol. The summed E-state index contributed by atoms with van der Waals surface area (Å²) >= 11 is 3.53. The Balaban J connectivity index is 0.00000106. The molecule has 0 aliphatic carbocycles. The van der Waals surface area contributed by atoms with Crippen LogP contribution in [0.15, 0.2) is 29.2 Å². The second-order valence-electron chi connectivity index (χ2n) is 4.66. The topological polar surface area (TPSA) is 58.6 Å². The molecule has 1 aromatic rings. The lowest BCUT2D eigenvalue weighted by molar-refractivity contribution is 0.0390. The van der Waals surface area contributed by atoms with E-state index >= 15 is 0 Å². The zero-order valence-corrected chi connectivity index (χ0v) is 14.3. The molecule has 1 aliphatic rings. The maximum Gasteiger partial charge on any atom is 0.240 e. The van der Waals surface area contributed by atoms with Crippen molar-refractivity contribution in [2.24, 2.45) is 0 Å². The zero-order valence-electron chi connectivity index (χ0n) is 12.6. The lowest BCUT2D eigenvalue weighted by Gasteiger charge is -2.26. The summed E-state index contributed by atoms with van der Waals surface area (Å²) in [5, 5.41) is 0. The van der Waals surface area contributed by atoms with Gasteiger partial charge in [0.2, 0.25) is 10.0 Å². The molecule has 120 valence electrons. The molecule has 2 rings (SSSR count). The summed E-state index contributed by atoms with van der Waals surface area (Å²) in [5.74, 6) is 0. The summed E-state index contributed by atoms with van der Waals surface area (Å²) in [6, 6.07) is 6.87. The molecule has 0 bridgehead atoms. The van der Waals surface area contributed by atoms with Gasteiger partial charge in [0.1, 0.15) is 0 Å². The molecule has 0 saturated carbocycles. The number of hydrogen-bond acceptors (Lipinski definition) is 5. The van der Waals surface area contributed by atoms with Crippen molar-refractivity contribution >= 4 is 22.7 Å². The van der Waals surface area contributed by atoms with Crippen LogP contribution in [0.25, 0.3) is 0 Å². The second kappa shape index (κ2) is 9.42. The highest BCUT2D eigenvalue weighted by Crippen LogP contribution is 2.09. The Morgan fingerprint density at radius 1 is 1.19 bits per heavy atom. The minimum absolute atomic E-state index is 0.320. The number of aryl methyl sites for hydroxylation is 1. The Morgan fingerprint density at radius 2 is 1.76 bits per heavy atom. The van der Waals surface area contributed by atoms with Crippen LogP contribution in [0.1, 0.15) is 5.56 Å². The van der Waals surface area contributed by atoms with Crippen LogP contribution in [-0.4, -0.2) is 59.0 Å². The normalized spacial score (nSPS) is 16.1. The standard InChI is InChI=1S/C13H20N2O3S.CH4S/c1-12-2-4-13(5-3-12)19(16,17)14-6-7-15-8-10-18-11-9-15;1-2/h2-5,14H,6-11H2,1H3;2H,1H3. The van der Waals surface area contributed by atoms with Gasteiger partial charge >= 0.3 is 0 Å². The maximum absolute atomic E-state index is 12.0. The van der Waals surface area contributed by atoms with Crippen molar-refractivity contribution in [2.45, 2.75) is 11.8 Å². The van der Waals surface area contributed by atoms with E-state index in [4.69, 9.17) is 4.74 Å². The van der Waals surface area contributed by atoms with Gasteiger partial charge in [0.05, 0.1) is 18.1 Å². The number of ether oxygens (including phenoxy) is 1. The van der Waals surface area contributed by atoms with E-state index in [1.807, 2.05) is 6.92 Å². The van der Waals surface area contributed by atoms with Gasteiger partial charge in [-0.2, -0.15) is 12.6 Å². The fourth-order valence-electron chi connectivity index (χ4n) is 1.96. The van der Waals surface area contributed by atoms with Crippen molar-refractivity contribution < 1.29 is 13.2 Å². The molecule has 0 aromatic heterocycles. The Morgan fingerprint density at radius 3 is 2.33 bits per heavy atom. The SMILES string of the molecule is CS.Cc1ccc(S(=O)(=O)NCCN2CCOCC2)cc1. The third-order valence-electron chi connectivity index (χ3n) is 3.16. The Labute approximate surface area is 133 Å². The highest BCUT2D eigenvalue weighted by atomic mass is 32.2. The second-order valence-corrected chi connectivity index (χ2v) is 6.43. The number of nitrogens with zero attached hydrogens (tertiary/aromatic N) is 1. The van der Waals surface area contributed by atoms with Gasteiger partial charge in [0.15, 0.2) is 0 Å². The number of sulfonamides is 1. The van der Waals surface area contributed by atoms with Crippen LogP contribution in [0.3, 0.4) is 0 Å². The van der Waals surface area contributed by atoms with Gasteiger partial charge in [-0.05, 0) is 25.3 Å². The van der Waals surface area contributed by atoms with E-state index < -0.39 is 10.0 Å². The molecule has 21 heavy (non-hydrogen) atoms.